The highest BCUT2D eigenvalue weighted by Crippen LogP contribution is 2.19. The first-order valence-corrected chi connectivity index (χ1v) is 5.66. The maximum atomic E-state index is 5.76. The topological polar surface area (TPSA) is 55.0 Å². The molecule has 0 radical (unpaired) electrons. The van der Waals surface area contributed by atoms with Crippen molar-refractivity contribution in [2.75, 3.05) is 24.2 Å². The zero-order valence-electron chi connectivity index (χ0n) is 10.9. The van der Waals surface area contributed by atoms with Crippen molar-refractivity contribution in [3.63, 3.8) is 0 Å². The summed E-state index contributed by atoms with van der Waals surface area (Å²) in [4.78, 5) is 10.8. The van der Waals surface area contributed by atoms with Gasteiger partial charge in [0, 0.05) is 26.1 Å². The Kier molecular flexibility index (Phi) is 3.73. The van der Waals surface area contributed by atoms with Gasteiger partial charge < -0.3 is 10.6 Å². The summed E-state index contributed by atoms with van der Waals surface area (Å²) in [5.74, 6) is 2.25. The molecule has 1 aromatic heterocycles. The van der Waals surface area contributed by atoms with Crippen molar-refractivity contribution in [1.82, 2.24) is 9.97 Å². The number of aromatic nitrogens is 2. The predicted molar refractivity (Wildman–Crippen MR) is 68.5 cm³/mol. The molecule has 0 spiro atoms. The molecule has 1 heterocycles. The van der Waals surface area contributed by atoms with E-state index < -0.39 is 0 Å². The Hall–Kier alpha value is -1.32. The van der Waals surface area contributed by atoms with Crippen LogP contribution in [-0.4, -0.2) is 23.6 Å². The van der Waals surface area contributed by atoms with Crippen molar-refractivity contribution in [1.29, 1.82) is 0 Å². The normalized spacial score (nSPS) is 11.6. The van der Waals surface area contributed by atoms with E-state index in [1.807, 2.05) is 20.0 Å². The first kappa shape index (κ1) is 12.7. The second-order valence-electron chi connectivity index (χ2n) is 5.34. The van der Waals surface area contributed by atoms with Crippen molar-refractivity contribution in [2.24, 2.45) is 5.41 Å². The van der Waals surface area contributed by atoms with Gasteiger partial charge in [0.05, 0.1) is 0 Å². The second-order valence-corrected chi connectivity index (χ2v) is 5.34. The number of anilines is 2. The molecule has 0 saturated carbocycles. The van der Waals surface area contributed by atoms with Crippen LogP contribution in [0.3, 0.4) is 0 Å². The Labute approximate surface area is 97.9 Å². The fraction of sp³-hybridized carbons (Fsp3) is 0.667. The first-order valence-electron chi connectivity index (χ1n) is 5.66. The maximum absolute atomic E-state index is 5.76. The van der Waals surface area contributed by atoms with Crippen LogP contribution in [0.2, 0.25) is 0 Å². The van der Waals surface area contributed by atoms with Crippen LogP contribution in [0.15, 0.2) is 6.07 Å². The molecule has 0 saturated heterocycles. The van der Waals surface area contributed by atoms with Crippen molar-refractivity contribution in [3.05, 3.63) is 11.9 Å². The van der Waals surface area contributed by atoms with Crippen LogP contribution in [0.1, 0.15) is 33.5 Å². The Balaban J connectivity index is 2.90. The smallest absolute Gasteiger partial charge is 0.134 e. The molecule has 16 heavy (non-hydrogen) atoms. The molecule has 0 amide bonds. The molecule has 0 atom stereocenters. The van der Waals surface area contributed by atoms with Crippen LogP contribution in [0, 0.1) is 5.41 Å². The zero-order chi connectivity index (χ0) is 12.3. The standard InChI is InChI=1S/C12H22N4/c1-6-10-14-9(13)7-11(15-10)16(5)8-12(2,3)4/h7H,6,8H2,1-5H3,(H2,13,14,15). The lowest BCUT2D eigenvalue weighted by atomic mass is 9.96. The van der Waals surface area contributed by atoms with Crippen LogP contribution >= 0.6 is 0 Å². The summed E-state index contributed by atoms with van der Waals surface area (Å²) < 4.78 is 0. The number of aryl methyl sites for hydroxylation is 1. The minimum atomic E-state index is 0.237. The SMILES string of the molecule is CCc1nc(N)cc(N(C)CC(C)(C)C)n1. The third kappa shape index (κ3) is 3.68. The Morgan fingerprint density at radius 1 is 1.31 bits per heavy atom. The lowest BCUT2D eigenvalue weighted by molar-refractivity contribution is 0.417. The van der Waals surface area contributed by atoms with E-state index in [0.29, 0.717) is 5.82 Å². The molecule has 2 N–H and O–H groups in total. The van der Waals surface area contributed by atoms with Gasteiger partial charge >= 0.3 is 0 Å². The summed E-state index contributed by atoms with van der Waals surface area (Å²) in [6.07, 6.45) is 0.807. The number of rotatable bonds is 3. The lowest BCUT2D eigenvalue weighted by Crippen LogP contribution is -2.30. The number of hydrogen-bond acceptors (Lipinski definition) is 4. The molecule has 0 aliphatic carbocycles. The van der Waals surface area contributed by atoms with Gasteiger partial charge in [-0.2, -0.15) is 0 Å². The van der Waals surface area contributed by atoms with Crippen molar-refractivity contribution in [2.45, 2.75) is 34.1 Å². The molecular formula is C12H22N4. The van der Waals surface area contributed by atoms with Crippen LogP contribution in [0.4, 0.5) is 11.6 Å². The van der Waals surface area contributed by atoms with Gasteiger partial charge in [-0.1, -0.05) is 27.7 Å². The van der Waals surface area contributed by atoms with E-state index in [1.54, 1.807) is 0 Å². The Morgan fingerprint density at radius 3 is 2.44 bits per heavy atom. The largest absolute Gasteiger partial charge is 0.384 e. The maximum Gasteiger partial charge on any atom is 0.134 e. The molecule has 1 aromatic rings. The van der Waals surface area contributed by atoms with E-state index in [1.165, 1.54) is 0 Å². The molecule has 0 bridgehead atoms. The van der Waals surface area contributed by atoms with Gasteiger partial charge in [0.2, 0.25) is 0 Å². The molecular weight excluding hydrogens is 200 g/mol. The monoisotopic (exact) mass is 222 g/mol. The Morgan fingerprint density at radius 2 is 1.94 bits per heavy atom. The first-order chi connectivity index (χ1) is 7.31. The molecule has 0 unspecified atom stereocenters. The summed E-state index contributed by atoms with van der Waals surface area (Å²) in [5, 5.41) is 0. The van der Waals surface area contributed by atoms with E-state index in [4.69, 9.17) is 5.73 Å². The highest BCUT2D eigenvalue weighted by atomic mass is 15.2. The minimum Gasteiger partial charge on any atom is -0.384 e. The van der Waals surface area contributed by atoms with Crippen molar-refractivity contribution in [3.8, 4) is 0 Å². The highest BCUT2D eigenvalue weighted by molar-refractivity contribution is 5.46. The van der Waals surface area contributed by atoms with Gasteiger partial charge in [-0.15, -0.1) is 0 Å². The number of nitrogen functional groups attached to an aromatic ring is 1. The van der Waals surface area contributed by atoms with E-state index in [-0.39, 0.29) is 5.41 Å². The highest BCUT2D eigenvalue weighted by Gasteiger charge is 2.15. The van der Waals surface area contributed by atoms with Crippen LogP contribution < -0.4 is 10.6 Å². The zero-order valence-corrected chi connectivity index (χ0v) is 10.9. The van der Waals surface area contributed by atoms with Crippen molar-refractivity contribution < 1.29 is 0 Å². The van der Waals surface area contributed by atoms with E-state index in [2.05, 4.69) is 35.6 Å². The van der Waals surface area contributed by atoms with Gasteiger partial charge in [-0.3, -0.25) is 0 Å². The second kappa shape index (κ2) is 4.68. The van der Waals surface area contributed by atoms with Crippen LogP contribution in [-0.2, 0) is 6.42 Å². The van der Waals surface area contributed by atoms with Gasteiger partial charge in [0.15, 0.2) is 0 Å². The van der Waals surface area contributed by atoms with E-state index in [9.17, 15) is 0 Å². The summed E-state index contributed by atoms with van der Waals surface area (Å²) in [7, 11) is 2.03. The average molecular weight is 222 g/mol. The molecule has 0 fully saturated rings. The predicted octanol–water partition coefficient (Wildman–Crippen LogP) is 2.10. The summed E-state index contributed by atoms with van der Waals surface area (Å²) in [6, 6.07) is 1.82. The summed E-state index contributed by atoms with van der Waals surface area (Å²) >= 11 is 0. The third-order valence-corrected chi connectivity index (χ3v) is 2.20. The lowest BCUT2D eigenvalue weighted by Gasteiger charge is -2.27. The molecule has 4 heteroatoms. The summed E-state index contributed by atoms with van der Waals surface area (Å²) in [6.45, 7) is 9.58. The molecule has 0 aliphatic rings. The molecule has 1 rings (SSSR count). The third-order valence-electron chi connectivity index (χ3n) is 2.20. The minimum absolute atomic E-state index is 0.237. The quantitative estimate of drug-likeness (QED) is 0.851. The fourth-order valence-electron chi connectivity index (χ4n) is 1.65. The molecule has 90 valence electrons. The number of nitrogens with zero attached hydrogens (tertiary/aromatic N) is 3. The van der Waals surface area contributed by atoms with Gasteiger partial charge in [-0.25, -0.2) is 9.97 Å². The number of nitrogens with two attached hydrogens (primary N) is 1. The van der Waals surface area contributed by atoms with Gasteiger partial charge in [-0.05, 0) is 5.41 Å². The fourth-order valence-corrected chi connectivity index (χ4v) is 1.65. The molecule has 0 aliphatic heterocycles. The van der Waals surface area contributed by atoms with E-state index in [0.717, 1.165) is 24.6 Å². The summed E-state index contributed by atoms with van der Waals surface area (Å²) in [5.41, 5.74) is 6.00. The van der Waals surface area contributed by atoms with Crippen LogP contribution in [0.25, 0.3) is 0 Å². The molecule has 0 aromatic carbocycles. The average Bonchev–Trinajstić information content (AvgIpc) is 2.14. The van der Waals surface area contributed by atoms with E-state index >= 15 is 0 Å². The van der Waals surface area contributed by atoms with Crippen molar-refractivity contribution >= 4 is 11.6 Å². The number of hydrogen-bond donors (Lipinski definition) is 1. The molecule has 4 nitrogen and oxygen atoms in total. The van der Waals surface area contributed by atoms with Gasteiger partial charge in [0.1, 0.15) is 17.5 Å². The van der Waals surface area contributed by atoms with Crippen LogP contribution in [0.5, 0.6) is 0 Å². The Bertz CT molecular complexity index is 355. The van der Waals surface area contributed by atoms with Gasteiger partial charge in [0.25, 0.3) is 0 Å².